The maximum Gasteiger partial charge on any atom is 0.291 e. The zero-order chi connectivity index (χ0) is 11.4. The van der Waals surface area contributed by atoms with E-state index in [2.05, 4.69) is 30.7 Å². The van der Waals surface area contributed by atoms with Gasteiger partial charge in [0.2, 0.25) is 5.82 Å². The molecule has 1 amide bonds. The summed E-state index contributed by atoms with van der Waals surface area (Å²) >= 11 is 0. The van der Waals surface area contributed by atoms with Gasteiger partial charge >= 0.3 is 0 Å². The Labute approximate surface area is 91.7 Å². The average Bonchev–Trinajstić information content (AvgIpc) is 2.96. The Hall–Kier alpha value is -2.18. The summed E-state index contributed by atoms with van der Waals surface area (Å²) in [5.74, 6) is 0.575. The first-order chi connectivity index (χ1) is 7.79. The van der Waals surface area contributed by atoms with Gasteiger partial charge in [-0.25, -0.2) is 4.98 Å². The van der Waals surface area contributed by atoms with E-state index in [0.29, 0.717) is 12.4 Å². The molecule has 2 rings (SSSR count). The summed E-state index contributed by atoms with van der Waals surface area (Å²) in [6.07, 6.45) is 4.09. The molecule has 0 spiro atoms. The van der Waals surface area contributed by atoms with Crippen molar-refractivity contribution in [2.75, 3.05) is 0 Å². The second-order valence-electron chi connectivity index (χ2n) is 3.25. The molecule has 16 heavy (non-hydrogen) atoms. The van der Waals surface area contributed by atoms with Gasteiger partial charge in [0.05, 0.1) is 6.20 Å². The quantitative estimate of drug-likeness (QED) is 0.676. The zero-order valence-corrected chi connectivity index (χ0v) is 8.82. The third-order valence-corrected chi connectivity index (χ3v) is 2.08. The van der Waals surface area contributed by atoms with Gasteiger partial charge in [-0.2, -0.15) is 5.10 Å². The van der Waals surface area contributed by atoms with Crippen LogP contribution in [0.15, 0.2) is 12.4 Å². The second kappa shape index (κ2) is 4.56. The van der Waals surface area contributed by atoms with Crippen molar-refractivity contribution in [1.82, 2.24) is 30.7 Å². The van der Waals surface area contributed by atoms with Gasteiger partial charge in [0.25, 0.3) is 5.91 Å². The summed E-state index contributed by atoms with van der Waals surface area (Å²) in [4.78, 5) is 15.6. The Morgan fingerprint density at radius 1 is 1.56 bits per heavy atom. The van der Waals surface area contributed by atoms with Gasteiger partial charge in [-0.1, -0.05) is 6.92 Å². The summed E-state index contributed by atoms with van der Waals surface area (Å²) < 4.78 is 0. The van der Waals surface area contributed by atoms with E-state index in [1.54, 1.807) is 12.4 Å². The number of aryl methyl sites for hydroxylation is 1. The fraction of sp³-hybridized carbons (Fsp3) is 0.333. The van der Waals surface area contributed by atoms with Crippen molar-refractivity contribution in [3.8, 4) is 0 Å². The van der Waals surface area contributed by atoms with E-state index in [-0.39, 0.29) is 11.7 Å². The molecule has 84 valence electrons. The molecule has 0 aliphatic rings. The molecular weight excluding hydrogens is 208 g/mol. The third kappa shape index (κ3) is 2.25. The number of carbonyl (C=O) groups excluding carboxylic acids is 1. The van der Waals surface area contributed by atoms with Crippen molar-refractivity contribution in [3.63, 3.8) is 0 Å². The Bertz CT molecular complexity index is 460. The number of hydrogen-bond acceptors (Lipinski definition) is 4. The van der Waals surface area contributed by atoms with E-state index in [1.165, 1.54) is 0 Å². The van der Waals surface area contributed by atoms with Crippen LogP contribution in [0.4, 0.5) is 0 Å². The van der Waals surface area contributed by atoms with Gasteiger partial charge in [-0.15, -0.1) is 5.10 Å². The molecular formula is C9H12N6O. The fourth-order valence-electron chi connectivity index (χ4n) is 1.19. The number of hydrogen-bond donors (Lipinski definition) is 3. The number of amides is 1. The second-order valence-corrected chi connectivity index (χ2v) is 3.25. The molecule has 0 aliphatic heterocycles. The predicted molar refractivity (Wildman–Crippen MR) is 55.5 cm³/mol. The minimum atomic E-state index is -0.294. The monoisotopic (exact) mass is 220 g/mol. The third-order valence-electron chi connectivity index (χ3n) is 2.08. The van der Waals surface area contributed by atoms with Gasteiger partial charge in [0.15, 0.2) is 0 Å². The van der Waals surface area contributed by atoms with Crippen molar-refractivity contribution in [3.05, 3.63) is 29.6 Å². The molecule has 0 aliphatic carbocycles. The van der Waals surface area contributed by atoms with Gasteiger partial charge < -0.3 is 5.32 Å². The number of aromatic nitrogens is 5. The van der Waals surface area contributed by atoms with Crippen LogP contribution in [0.25, 0.3) is 0 Å². The summed E-state index contributed by atoms with van der Waals surface area (Å²) in [5, 5.41) is 15.6. The van der Waals surface area contributed by atoms with Crippen molar-refractivity contribution >= 4 is 5.91 Å². The van der Waals surface area contributed by atoms with Crippen molar-refractivity contribution in [1.29, 1.82) is 0 Å². The molecule has 0 radical (unpaired) electrons. The van der Waals surface area contributed by atoms with Gasteiger partial charge in [0.1, 0.15) is 5.82 Å². The molecule has 0 atom stereocenters. The Balaban J connectivity index is 1.93. The lowest BCUT2D eigenvalue weighted by atomic mass is 10.3. The first-order valence-corrected chi connectivity index (χ1v) is 4.96. The van der Waals surface area contributed by atoms with E-state index in [0.717, 1.165) is 12.0 Å². The highest BCUT2D eigenvalue weighted by molar-refractivity contribution is 5.90. The summed E-state index contributed by atoms with van der Waals surface area (Å²) in [6, 6.07) is 0. The highest BCUT2D eigenvalue weighted by atomic mass is 16.2. The lowest BCUT2D eigenvalue weighted by Crippen LogP contribution is -2.23. The predicted octanol–water partition coefficient (Wildman–Crippen LogP) is 0.0202. The summed E-state index contributed by atoms with van der Waals surface area (Å²) in [7, 11) is 0. The minimum absolute atomic E-state index is 0.167. The average molecular weight is 220 g/mol. The highest BCUT2D eigenvalue weighted by Crippen LogP contribution is 1.96. The van der Waals surface area contributed by atoms with E-state index >= 15 is 0 Å². The molecule has 0 bridgehead atoms. The maximum absolute atomic E-state index is 11.6. The van der Waals surface area contributed by atoms with E-state index in [4.69, 9.17) is 0 Å². The molecule has 0 unspecified atom stereocenters. The Kier molecular flexibility index (Phi) is 2.95. The SMILES string of the molecule is CCc1nc(C(=O)NCc2cn[nH]c2)n[nH]1. The number of nitrogens with zero attached hydrogens (tertiary/aromatic N) is 3. The molecule has 0 saturated carbocycles. The fourth-order valence-corrected chi connectivity index (χ4v) is 1.19. The molecule has 2 aromatic rings. The van der Waals surface area contributed by atoms with Crippen LogP contribution in [-0.2, 0) is 13.0 Å². The first-order valence-electron chi connectivity index (χ1n) is 4.96. The molecule has 0 fully saturated rings. The summed E-state index contributed by atoms with van der Waals surface area (Å²) in [5.41, 5.74) is 0.902. The molecule has 0 aromatic carbocycles. The molecule has 7 heteroatoms. The first kappa shape index (κ1) is 10.3. The normalized spacial score (nSPS) is 10.3. The van der Waals surface area contributed by atoms with Gasteiger partial charge in [0, 0.05) is 24.7 Å². The molecule has 0 saturated heterocycles. The number of rotatable bonds is 4. The smallest absolute Gasteiger partial charge is 0.291 e. The van der Waals surface area contributed by atoms with Crippen molar-refractivity contribution in [2.45, 2.75) is 19.9 Å². The van der Waals surface area contributed by atoms with Crippen molar-refractivity contribution < 1.29 is 4.79 Å². The van der Waals surface area contributed by atoms with E-state index in [1.807, 2.05) is 6.92 Å². The van der Waals surface area contributed by atoms with Crippen LogP contribution in [0, 0.1) is 0 Å². The molecule has 7 nitrogen and oxygen atoms in total. The van der Waals surface area contributed by atoms with E-state index in [9.17, 15) is 4.79 Å². The van der Waals surface area contributed by atoms with Crippen LogP contribution in [-0.4, -0.2) is 31.3 Å². The van der Waals surface area contributed by atoms with Crippen molar-refractivity contribution in [2.24, 2.45) is 0 Å². The number of H-pyrrole nitrogens is 2. The minimum Gasteiger partial charge on any atom is -0.345 e. The Morgan fingerprint density at radius 2 is 2.44 bits per heavy atom. The maximum atomic E-state index is 11.6. The standard InChI is InChI=1S/C9H12N6O/c1-2-7-13-8(15-14-7)9(16)10-3-6-4-11-12-5-6/h4-5H,2-3H2,1H3,(H,10,16)(H,11,12)(H,13,14,15). The van der Waals surface area contributed by atoms with Crippen LogP contribution in [0.3, 0.4) is 0 Å². The molecule has 2 heterocycles. The molecule has 2 aromatic heterocycles. The van der Waals surface area contributed by atoms with Crippen LogP contribution >= 0.6 is 0 Å². The van der Waals surface area contributed by atoms with Gasteiger partial charge in [-0.3, -0.25) is 15.0 Å². The highest BCUT2D eigenvalue weighted by Gasteiger charge is 2.11. The van der Waals surface area contributed by atoms with Crippen LogP contribution in [0.2, 0.25) is 0 Å². The molecule has 3 N–H and O–H groups in total. The lowest BCUT2D eigenvalue weighted by molar-refractivity contribution is 0.0941. The van der Waals surface area contributed by atoms with Gasteiger partial charge in [-0.05, 0) is 0 Å². The lowest BCUT2D eigenvalue weighted by Gasteiger charge is -1.98. The zero-order valence-electron chi connectivity index (χ0n) is 8.82. The topological polar surface area (TPSA) is 99.3 Å². The summed E-state index contributed by atoms with van der Waals surface area (Å²) in [6.45, 7) is 2.35. The largest absolute Gasteiger partial charge is 0.345 e. The van der Waals surface area contributed by atoms with Crippen LogP contribution < -0.4 is 5.32 Å². The number of carbonyl (C=O) groups is 1. The van der Waals surface area contributed by atoms with Crippen LogP contribution in [0.5, 0.6) is 0 Å². The Morgan fingerprint density at radius 3 is 3.06 bits per heavy atom. The number of nitrogens with one attached hydrogen (secondary N) is 3. The van der Waals surface area contributed by atoms with Crippen LogP contribution in [0.1, 0.15) is 28.9 Å². The van der Waals surface area contributed by atoms with E-state index < -0.39 is 0 Å². The number of aromatic amines is 2.